The van der Waals surface area contributed by atoms with E-state index in [0.717, 1.165) is 18.7 Å². The zero-order valence-corrected chi connectivity index (χ0v) is 15.2. The van der Waals surface area contributed by atoms with Gasteiger partial charge in [-0.15, -0.1) is 0 Å². The number of aryl methyl sites for hydroxylation is 1. The zero-order valence-electron chi connectivity index (χ0n) is 13.7. The molecule has 0 saturated heterocycles. The van der Waals surface area contributed by atoms with Gasteiger partial charge in [0, 0.05) is 25.2 Å². The van der Waals surface area contributed by atoms with Crippen LogP contribution in [0, 0.1) is 6.92 Å². The number of aromatic nitrogens is 2. The van der Waals surface area contributed by atoms with Crippen molar-refractivity contribution in [2.45, 2.75) is 6.92 Å². The summed E-state index contributed by atoms with van der Waals surface area (Å²) in [7, 11) is 5.87. The molecular weight excluding hydrogens is 335 g/mol. The molecule has 0 bridgehead atoms. The van der Waals surface area contributed by atoms with Crippen LogP contribution in [0.4, 0.5) is 5.69 Å². The lowest BCUT2D eigenvalue weighted by molar-refractivity contribution is 0.416. The topological polar surface area (TPSA) is 41.4 Å². The van der Waals surface area contributed by atoms with Crippen molar-refractivity contribution in [3.63, 3.8) is 0 Å². The fourth-order valence-electron chi connectivity index (χ4n) is 2.06. The molecule has 0 fully saturated rings. The molecule has 0 amide bonds. The standard InChI is InChI=1S/C16H20Cl2N4O/c1-11-5-6-12(9-13(11)17)22-16(23)15(18)14(10-19-22)21(4)8-7-20(2)3/h5-6,9-10H,7-8H2,1-4H3. The number of nitrogens with zero attached hydrogens (tertiary/aromatic N) is 4. The number of hydrogen-bond donors (Lipinski definition) is 0. The smallest absolute Gasteiger partial charge is 0.292 e. The van der Waals surface area contributed by atoms with E-state index in [-0.39, 0.29) is 10.6 Å². The van der Waals surface area contributed by atoms with Crippen molar-refractivity contribution in [1.82, 2.24) is 14.7 Å². The van der Waals surface area contributed by atoms with E-state index in [0.29, 0.717) is 16.4 Å². The fraction of sp³-hybridized carbons (Fsp3) is 0.375. The monoisotopic (exact) mass is 354 g/mol. The Morgan fingerprint density at radius 1 is 1.17 bits per heavy atom. The molecule has 2 aromatic rings. The summed E-state index contributed by atoms with van der Waals surface area (Å²) in [6.07, 6.45) is 1.60. The molecule has 23 heavy (non-hydrogen) atoms. The minimum atomic E-state index is -0.360. The molecule has 1 aromatic carbocycles. The van der Waals surface area contributed by atoms with E-state index in [1.54, 1.807) is 18.3 Å². The highest BCUT2D eigenvalue weighted by atomic mass is 35.5. The number of rotatable bonds is 5. The molecule has 1 aromatic heterocycles. The number of benzene rings is 1. The summed E-state index contributed by atoms with van der Waals surface area (Å²) >= 11 is 12.4. The van der Waals surface area contributed by atoms with Crippen molar-refractivity contribution in [3.05, 3.63) is 50.4 Å². The lowest BCUT2D eigenvalue weighted by Crippen LogP contribution is -2.31. The molecule has 0 atom stereocenters. The average Bonchev–Trinajstić information content (AvgIpc) is 2.50. The molecule has 0 radical (unpaired) electrons. The van der Waals surface area contributed by atoms with Gasteiger partial charge in [0.25, 0.3) is 5.56 Å². The van der Waals surface area contributed by atoms with Crippen LogP contribution in [0.25, 0.3) is 5.69 Å². The second-order valence-corrected chi connectivity index (χ2v) is 6.50. The maximum Gasteiger partial charge on any atom is 0.292 e. The van der Waals surface area contributed by atoms with E-state index in [1.807, 2.05) is 39.0 Å². The quantitative estimate of drug-likeness (QED) is 0.827. The highest BCUT2D eigenvalue weighted by Crippen LogP contribution is 2.22. The van der Waals surface area contributed by atoms with Crippen LogP contribution in [-0.4, -0.2) is 48.9 Å². The molecule has 124 valence electrons. The second kappa shape index (κ2) is 7.34. The van der Waals surface area contributed by atoms with Crippen molar-refractivity contribution < 1.29 is 0 Å². The lowest BCUT2D eigenvalue weighted by atomic mass is 10.2. The van der Waals surface area contributed by atoms with Gasteiger partial charge in [0.2, 0.25) is 0 Å². The molecule has 2 rings (SSSR count). The van der Waals surface area contributed by atoms with Gasteiger partial charge in [0.1, 0.15) is 5.02 Å². The lowest BCUT2D eigenvalue weighted by Gasteiger charge is -2.22. The third-order valence-corrected chi connectivity index (χ3v) is 4.36. The molecule has 5 nitrogen and oxygen atoms in total. The summed E-state index contributed by atoms with van der Waals surface area (Å²) in [5.41, 5.74) is 1.79. The summed E-state index contributed by atoms with van der Waals surface area (Å²) in [4.78, 5) is 16.5. The van der Waals surface area contributed by atoms with E-state index in [9.17, 15) is 4.79 Å². The van der Waals surface area contributed by atoms with Gasteiger partial charge in [0.15, 0.2) is 0 Å². The predicted octanol–water partition coefficient (Wildman–Crippen LogP) is 2.85. The van der Waals surface area contributed by atoms with Crippen molar-refractivity contribution in [3.8, 4) is 5.69 Å². The highest BCUT2D eigenvalue weighted by molar-refractivity contribution is 6.33. The molecule has 1 heterocycles. The highest BCUT2D eigenvalue weighted by Gasteiger charge is 2.14. The third kappa shape index (κ3) is 4.05. The van der Waals surface area contributed by atoms with Crippen LogP contribution in [0.15, 0.2) is 29.2 Å². The van der Waals surface area contributed by atoms with Crippen LogP contribution in [0.2, 0.25) is 10.0 Å². The van der Waals surface area contributed by atoms with Gasteiger partial charge in [0.05, 0.1) is 17.6 Å². The van der Waals surface area contributed by atoms with E-state index in [4.69, 9.17) is 23.2 Å². The summed E-state index contributed by atoms with van der Waals surface area (Å²) in [5, 5.41) is 4.97. The van der Waals surface area contributed by atoms with Crippen LogP contribution < -0.4 is 10.5 Å². The van der Waals surface area contributed by atoms with Crippen LogP contribution in [0.1, 0.15) is 5.56 Å². The molecule has 0 spiro atoms. The SMILES string of the molecule is Cc1ccc(-n2ncc(N(C)CCN(C)C)c(Cl)c2=O)cc1Cl. The first-order valence-electron chi connectivity index (χ1n) is 7.21. The van der Waals surface area contributed by atoms with Crippen molar-refractivity contribution in [2.24, 2.45) is 0 Å². The Morgan fingerprint density at radius 3 is 2.48 bits per heavy atom. The summed E-state index contributed by atoms with van der Waals surface area (Å²) in [6, 6.07) is 5.34. The fourth-order valence-corrected chi connectivity index (χ4v) is 2.51. The Morgan fingerprint density at radius 2 is 1.87 bits per heavy atom. The van der Waals surface area contributed by atoms with Crippen LogP contribution in [0.5, 0.6) is 0 Å². The molecule has 0 N–H and O–H groups in total. The van der Waals surface area contributed by atoms with Gasteiger partial charge >= 0.3 is 0 Å². The van der Waals surface area contributed by atoms with Crippen LogP contribution in [0.3, 0.4) is 0 Å². The molecule has 0 aliphatic rings. The Hall–Kier alpha value is -1.56. The number of anilines is 1. The Bertz CT molecular complexity index is 758. The maximum atomic E-state index is 12.5. The predicted molar refractivity (Wildman–Crippen MR) is 96.4 cm³/mol. The first kappa shape index (κ1) is 17.8. The average molecular weight is 355 g/mol. The molecular formula is C16H20Cl2N4O. The van der Waals surface area contributed by atoms with Crippen LogP contribution in [-0.2, 0) is 0 Å². The van der Waals surface area contributed by atoms with E-state index < -0.39 is 0 Å². The van der Waals surface area contributed by atoms with Crippen molar-refractivity contribution in [2.75, 3.05) is 39.1 Å². The number of hydrogen-bond acceptors (Lipinski definition) is 4. The third-order valence-electron chi connectivity index (χ3n) is 3.59. The molecule has 7 heteroatoms. The van der Waals surface area contributed by atoms with E-state index >= 15 is 0 Å². The van der Waals surface area contributed by atoms with Gasteiger partial charge in [-0.3, -0.25) is 4.79 Å². The van der Waals surface area contributed by atoms with E-state index in [1.165, 1.54) is 4.68 Å². The minimum absolute atomic E-state index is 0.151. The maximum absolute atomic E-state index is 12.5. The summed E-state index contributed by atoms with van der Waals surface area (Å²) in [5.74, 6) is 0. The Labute approximate surface area is 146 Å². The Kier molecular flexibility index (Phi) is 5.68. The van der Waals surface area contributed by atoms with Gasteiger partial charge in [-0.2, -0.15) is 9.78 Å². The number of likely N-dealkylation sites (N-methyl/N-ethyl adjacent to an activating group) is 2. The normalized spacial score (nSPS) is 11.1. The summed E-state index contributed by atoms with van der Waals surface area (Å²) in [6.45, 7) is 3.50. The van der Waals surface area contributed by atoms with Gasteiger partial charge < -0.3 is 9.80 Å². The van der Waals surface area contributed by atoms with E-state index in [2.05, 4.69) is 10.00 Å². The first-order chi connectivity index (χ1) is 10.8. The first-order valence-corrected chi connectivity index (χ1v) is 7.97. The zero-order chi connectivity index (χ0) is 17.1. The largest absolute Gasteiger partial charge is 0.371 e. The minimum Gasteiger partial charge on any atom is -0.371 e. The molecule has 0 aliphatic heterocycles. The Balaban J connectivity index is 2.37. The van der Waals surface area contributed by atoms with Crippen molar-refractivity contribution >= 4 is 28.9 Å². The molecule has 0 saturated carbocycles. The van der Waals surface area contributed by atoms with Gasteiger partial charge in [-0.25, -0.2) is 0 Å². The van der Waals surface area contributed by atoms with Gasteiger partial charge in [-0.1, -0.05) is 29.3 Å². The van der Waals surface area contributed by atoms with Crippen LogP contribution >= 0.6 is 23.2 Å². The summed E-state index contributed by atoms with van der Waals surface area (Å²) < 4.78 is 1.26. The van der Waals surface area contributed by atoms with Gasteiger partial charge in [-0.05, 0) is 38.7 Å². The van der Waals surface area contributed by atoms with Crippen molar-refractivity contribution in [1.29, 1.82) is 0 Å². The molecule has 0 unspecified atom stereocenters. The second-order valence-electron chi connectivity index (χ2n) is 5.72. The number of halogens is 2. The molecule has 0 aliphatic carbocycles.